The topological polar surface area (TPSA) is 27.1 Å². The Labute approximate surface area is 68.9 Å². The first-order chi connectivity index (χ1) is 5.59. The quantitative estimate of drug-likeness (QED) is 0.695. The Morgan fingerprint density at radius 2 is 2.33 bits per heavy atom. The summed E-state index contributed by atoms with van der Waals surface area (Å²) in [5.74, 6) is 0.276. The lowest BCUT2D eigenvalue weighted by molar-refractivity contribution is 0.0789. The van der Waals surface area contributed by atoms with Crippen LogP contribution in [0.4, 0.5) is 8.78 Å². The van der Waals surface area contributed by atoms with Crippen LogP contribution in [-0.2, 0) is 7.05 Å². The molecule has 12 heavy (non-hydrogen) atoms. The summed E-state index contributed by atoms with van der Waals surface area (Å²) in [5, 5.41) is 3.84. The van der Waals surface area contributed by atoms with E-state index >= 15 is 0 Å². The Morgan fingerprint density at radius 3 is 2.75 bits per heavy atom. The molecule has 0 spiro atoms. The number of halogens is 2. The van der Waals surface area contributed by atoms with Crippen LogP contribution in [0.1, 0.15) is 5.56 Å². The third-order valence-electron chi connectivity index (χ3n) is 1.31. The van der Waals surface area contributed by atoms with E-state index in [2.05, 4.69) is 5.10 Å². The number of ether oxygens (including phenoxy) is 1. The van der Waals surface area contributed by atoms with Crippen LogP contribution in [-0.4, -0.2) is 22.8 Å². The van der Waals surface area contributed by atoms with Crippen molar-refractivity contribution >= 4 is 0 Å². The van der Waals surface area contributed by atoms with Crippen LogP contribution in [0, 0.1) is 6.92 Å². The molecule has 1 aromatic rings. The first-order valence-corrected chi connectivity index (χ1v) is 3.51. The lowest BCUT2D eigenvalue weighted by Crippen LogP contribution is -2.08. The zero-order valence-electron chi connectivity index (χ0n) is 6.92. The van der Waals surface area contributed by atoms with E-state index in [4.69, 9.17) is 4.74 Å². The molecule has 0 saturated carbocycles. The molecule has 0 saturated heterocycles. The normalized spacial score (nSPS) is 10.8. The number of alkyl halides is 2. The van der Waals surface area contributed by atoms with Crippen molar-refractivity contribution in [1.82, 2.24) is 9.78 Å². The van der Waals surface area contributed by atoms with Crippen LogP contribution in [0.5, 0.6) is 5.88 Å². The predicted molar refractivity (Wildman–Crippen MR) is 39.4 cm³/mol. The second kappa shape index (κ2) is 3.51. The highest BCUT2D eigenvalue weighted by atomic mass is 19.3. The zero-order chi connectivity index (χ0) is 9.14. The molecule has 1 heterocycles. The molecule has 0 aliphatic carbocycles. The van der Waals surface area contributed by atoms with Crippen LogP contribution in [0.25, 0.3) is 0 Å². The number of hydrogen-bond acceptors (Lipinski definition) is 2. The molecule has 68 valence electrons. The van der Waals surface area contributed by atoms with Crippen molar-refractivity contribution in [2.75, 3.05) is 6.61 Å². The maximum atomic E-state index is 11.7. The van der Waals surface area contributed by atoms with Crippen LogP contribution < -0.4 is 4.74 Å². The molecule has 0 unspecified atom stereocenters. The number of aromatic nitrogens is 2. The zero-order valence-corrected chi connectivity index (χ0v) is 6.92. The van der Waals surface area contributed by atoms with E-state index in [-0.39, 0.29) is 5.88 Å². The standard InChI is InChI=1S/C7H10F2N2O/c1-5-3-11(2)10-7(5)12-4-6(8)9/h3,6H,4H2,1-2H3. The van der Waals surface area contributed by atoms with Gasteiger partial charge in [-0.1, -0.05) is 0 Å². The minimum atomic E-state index is -2.45. The third kappa shape index (κ3) is 2.18. The van der Waals surface area contributed by atoms with Crippen LogP contribution in [0.3, 0.4) is 0 Å². The summed E-state index contributed by atoms with van der Waals surface area (Å²) in [6, 6.07) is 0. The van der Waals surface area contributed by atoms with Gasteiger partial charge in [0.05, 0.1) is 0 Å². The highest BCUT2D eigenvalue weighted by molar-refractivity contribution is 5.20. The van der Waals surface area contributed by atoms with Crippen LogP contribution in [0.2, 0.25) is 0 Å². The van der Waals surface area contributed by atoms with E-state index in [1.165, 1.54) is 4.68 Å². The van der Waals surface area contributed by atoms with Crippen molar-refractivity contribution in [1.29, 1.82) is 0 Å². The Bertz CT molecular complexity index is 260. The molecule has 0 bridgehead atoms. The van der Waals surface area contributed by atoms with Gasteiger partial charge in [-0.25, -0.2) is 8.78 Å². The molecule has 3 nitrogen and oxygen atoms in total. The number of nitrogens with zero attached hydrogens (tertiary/aromatic N) is 2. The predicted octanol–water partition coefficient (Wildman–Crippen LogP) is 1.37. The Kier molecular flexibility index (Phi) is 2.62. The van der Waals surface area contributed by atoms with E-state index in [0.29, 0.717) is 0 Å². The lowest BCUT2D eigenvalue weighted by atomic mass is 10.4. The van der Waals surface area contributed by atoms with Crippen LogP contribution in [0.15, 0.2) is 6.20 Å². The average molecular weight is 176 g/mol. The molecular weight excluding hydrogens is 166 g/mol. The van der Waals surface area contributed by atoms with Gasteiger partial charge in [-0.2, -0.15) is 0 Å². The van der Waals surface area contributed by atoms with E-state index in [0.717, 1.165) is 5.56 Å². The summed E-state index contributed by atoms with van der Waals surface area (Å²) in [6.07, 6.45) is -0.743. The highest BCUT2D eigenvalue weighted by Crippen LogP contribution is 2.13. The van der Waals surface area contributed by atoms with Gasteiger partial charge in [0, 0.05) is 18.8 Å². The Morgan fingerprint density at radius 1 is 1.67 bits per heavy atom. The number of hydrogen-bond donors (Lipinski definition) is 0. The minimum absolute atomic E-state index is 0.276. The molecule has 0 atom stereocenters. The molecule has 0 fully saturated rings. The number of rotatable bonds is 3. The summed E-state index contributed by atoms with van der Waals surface area (Å²) in [4.78, 5) is 0. The molecule has 0 aliphatic heterocycles. The molecule has 5 heteroatoms. The van der Waals surface area contributed by atoms with E-state index in [9.17, 15) is 8.78 Å². The fraction of sp³-hybridized carbons (Fsp3) is 0.571. The van der Waals surface area contributed by atoms with Gasteiger partial charge in [0.1, 0.15) is 0 Å². The molecule has 1 aromatic heterocycles. The van der Waals surface area contributed by atoms with Crippen molar-refractivity contribution in [3.05, 3.63) is 11.8 Å². The second-order valence-corrected chi connectivity index (χ2v) is 2.49. The molecule has 0 amide bonds. The van der Waals surface area contributed by atoms with E-state index in [1.807, 2.05) is 0 Å². The van der Waals surface area contributed by atoms with Crippen molar-refractivity contribution < 1.29 is 13.5 Å². The first-order valence-electron chi connectivity index (χ1n) is 3.51. The maximum Gasteiger partial charge on any atom is 0.272 e. The monoisotopic (exact) mass is 176 g/mol. The molecule has 0 N–H and O–H groups in total. The van der Waals surface area contributed by atoms with Crippen LogP contribution >= 0.6 is 0 Å². The SMILES string of the molecule is Cc1cn(C)nc1OCC(F)F. The van der Waals surface area contributed by atoms with Gasteiger partial charge in [0.25, 0.3) is 6.43 Å². The van der Waals surface area contributed by atoms with Gasteiger partial charge in [0.2, 0.25) is 5.88 Å². The number of aryl methyl sites for hydroxylation is 2. The van der Waals surface area contributed by atoms with E-state index in [1.54, 1.807) is 20.2 Å². The van der Waals surface area contributed by atoms with Gasteiger partial charge in [-0.15, -0.1) is 5.10 Å². The first kappa shape index (κ1) is 8.96. The fourth-order valence-corrected chi connectivity index (χ4v) is 0.871. The summed E-state index contributed by atoms with van der Waals surface area (Å²) in [7, 11) is 1.71. The second-order valence-electron chi connectivity index (χ2n) is 2.49. The maximum absolute atomic E-state index is 11.7. The smallest absolute Gasteiger partial charge is 0.272 e. The highest BCUT2D eigenvalue weighted by Gasteiger charge is 2.08. The summed E-state index contributed by atoms with van der Waals surface area (Å²) >= 11 is 0. The Hall–Kier alpha value is -1.13. The van der Waals surface area contributed by atoms with Gasteiger partial charge in [-0.05, 0) is 6.92 Å². The fourth-order valence-electron chi connectivity index (χ4n) is 0.871. The minimum Gasteiger partial charge on any atom is -0.470 e. The van der Waals surface area contributed by atoms with Crippen molar-refractivity contribution in [2.24, 2.45) is 7.05 Å². The van der Waals surface area contributed by atoms with Crippen molar-refractivity contribution in [3.63, 3.8) is 0 Å². The van der Waals surface area contributed by atoms with Gasteiger partial charge >= 0.3 is 0 Å². The average Bonchev–Trinajstić information content (AvgIpc) is 2.26. The van der Waals surface area contributed by atoms with Crippen molar-refractivity contribution in [3.8, 4) is 5.88 Å². The largest absolute Gasteiger partial charge is 0.470 e. The molecule has 0 aromatic carbocycles. The molecule has 0 aliphatic rings. The van der Waals surface area contributed by atoms with Gasteiger partial charge in [-0.3, -0.25) is 4.68 Å². The Balaban J connectivity index is 2.57. The molecule has 1 rings (SSSR count). The summed E-state index contributed by atoms with van der Waals surface area (Å²) in [5.41, 5.74) is 0.762. The summed E-state index contributed by atoms with van der Waals surface area (Å²) < 4.78 is 29.7. The van der Waals surface area contributed by atoms with E-state index < -0.39 is 13.0 Å². The van der Waals surface area contributed by atoms with Crippen molar-refractivity contribution in [2.45, 2.75) is 13.3 Å². The van der Waals surface area contributed by atoms with Gasteiger partial charge in [0.15, 0.2) is 6.61 Å². The summed E-state index contributed by atoms with van der Waals surface area (Å²) in [6.45, 7) is 1.16. The third-order valence-corrected chi connectivity index (χ3v) is 1.31. The molecular formula is C7H10F2N2O. The lowest BCUT2D eigenvalue weighted by Gasteiger charge is -2.01. The molecule has 0 radical (unpaired) electrons. The van der Waals surface area contributed by atoms with Gasteiger partial charge < -0.3 is 4.74 Å².